The first-order valence-corrected chi connectivity index (χ1v) is 6.40. The lowest BCUT2D eigenvalue weighted by Crippen LogP contribution is -2.08. The van der Waals surface area contributed by atoms with Gasteiger partial charge in [0.25, 0.3) is 0 Å². The van der Waals surface area contributed by atoms with Gasteiger partial charge >= 0.3 is 0 Å². The molecule has 0 aliphatic rings. The number of hydrogen-bond donors (Lipinski definition) is 1. The van der Waals surface area contributed by atoms with E-state index in [-0.39, 0.29) is 18.4 Å². The van der Waals surface area contributed by atoms with Gasteiger partial charge in [-0.05, 0) is 24.1 Å². The van der Waals surface area contributed by atoms with Crippen LogP contribution >= 0.6 is 12.4 Å². The number of halogens is 1. The van der Waals surface area contributed by atoms with Crippen molar-refractivity contribution >= 4 is 22.2 Å². The van der Waals surface area contributed by atoms with Crippen LogP contribution in [0.25, 0.3) is 0 Å². The third kappa shape index (κ3) is 3.81. The summed E-state index contributed by atoms with van der Waals surface area (Å²) in [7, 11) is -3.09. The van der Waals surface area contributed by atoms with E-state index in [1.165, 1.54) is 6.26 Å². The highest BCUT2D eigenvalue weighted by atomic mass is 35.5. The predicted molar refractivity (Wildman–Crippen MR) is 64.0 cm³/mol. The highest BCUT2D eigenvalue weighted by molar-refractivity contribution is 7.90. The van der Waals surface area contributed by atoms with Crippen molar-refractivity contribution in [3.63, 3.8) is 0 Å². The number of rotatable bonds is 3. The summed E-state index contributed by atoms with van der Waals surface area (Å²) in [6.07, 6.45) is 2.04. The summed E-state index contributed by atoms with van der Waals surface area (Å²) >= 11 is 0. The van der Waals surface area contributed by atoms with Crippen LogP contribution in [0.1, 0.15) is 24.9 Å². The van der Waals surface area contributed by atoms with Crippen LogP contribution in [0.2, 0.25) is 0 Å². The molecule has 1 atom stereocenters. The maximum absolute atomic E-state index is 11.2. The molecule has 1 rings (SSSR count). The largest absolute Gasteiger partial charge is 0.324 e. The SMILES string of the molecule is CC[C@H](N)c1ccc(S(C)(=O)=O)cc1.Cl. The number of benzene rings is 1. The zero-order chi connectivity index (χ0) is 10.8. The molecule has 5 heteroatoms. The van der Waals surface area contributed by atoms with Gasteiger partial charge in [0.2, 0.25) is 0 Å². The van der Waals surface area contributed by atoms with Crippen LogP contribution in [0, 0.1) is 0 Å². The van der Waals surface area contributed by atoms with Crippen molar-refractivity contribution in [3.05, 3.63) is 29.8 Å². The molecule has 0 saturated carbocycles. The second-order valence-corrected chi connectivity index (χ2v) is 5.37. The Bertz CT molecular complexity index is 400. The normalized spacial score (nSPS) is 13.0. The minimum Gasteiger partial charge on any atom is -0.324 e. The van der Waals surface area contributed by atoms with Crippen molar-refractivity contribution in [2.75, 3.05) is 6.26 Å². The van der Waals surface area contributed by atoms with E-state index < -0.39 is 9.84 Å². The zero-order valence-corrected chi connectivity index (χ0v) is 10.4. The van der Waals surface area contributed by atoms with Crippen molar-refractivity contribution in [2.24, 2.45) is 5.73 Å². The first-order chi connectivity index (χ1) is 6.45. The molecule has 2 N–H and O–H groups in total. The van der Waals surface area contributed by atoms with Crippen LogP contribution in [0.3, 0.4) is 0 Å². The molecule has 15 heavy (non-hydrogen) atoms. The van der Waals surface area contributed by atoms with Crippen molar-refractivity contribution in [1.29, 1.82) is 0 Å². The molecule has 0 aliphatic heterocycles. The molecule has 0 heterocycles. The Kier molecular flexibility index (Phi) is 5.28. The van der Waals surface area contributed by atoms with Gasteiger partial charge in [0, 0.05) is 12.3 Å². The smallest absolute Gasteiger partial charge is 0.175 e. The highest BCUT2D eigenvalue weighted by Crippen LogP contribution is 2.16. The molecule has 0 saturated heterocycles. The second kappa shape index (κ2) is 5.49. The molecular formula is C10H16ClNO2S. The van der Waals surface area contributed by atoms with E-state index >= 15 is 0 Å². The third-order valence-corrected chi connectivity index (χ3v) is 3.30. The lowest BCUT2D eigenvalue weighted by Gasteiger charge is -2.09. The fourth-order valence-electron chi connectivity index (χ4n) is 1.20. The molecule has 3 nitrogen and oxygen atoms in total. The Morgan fingerprint density at radius 1 is 1.27 bits per heavy atom. The van der Waals surface area contributed by atoms with Crippen molar-refractivity contribution < 1.29 is 8.42 Å². The van der Waals surface area contributed by atoms with E-state index in [9.17, 15) is 8.42 Å². The number of nitrogens with two attached hydrogens (primary N) is 1. The third-order valence-electron chi connectivity index (χ3n) is 2.18. The summed E-state index contributed by atoms with van der Waals surface area (Å²) in [5, 5.41) is 0. The maximum atomic E-state index is 11.2. The highest BCUT2D eigenvalue weighted by Gasteiger charge is 2.08. The lowest BCUT2D eigenvalue weighted by atomic mass is 10.1. The minimum absolute atomic E-state index is 0. The van der Waals surface area contributed by atoms with E-state index in [1.807, 2.05) is 6.92 Å². The van der Waals surface area contributed by atoms with E-state index in [1.54, 1.807) is 24.3 Å². The monoisotopic (exact) mass is 249 g/mol. The van der Waals surface area contributed by atoms with Gasteiger partial charge in [-0.3, -0.25) is 0 Å². The quantitative estimate of drug-likeness (QED) is 0.890. The van der Waals surface area contributed by atoms with Gasteiger partial charge in [-0.2, -0.15) is 0 Å². The zero-order valence-electron chi connectivity index (χ0n) is 8.80. The van der Waals surface area contributed by atoms with Crippen LogP contribution in [0.15, 0.2) is 29.2 Å². The topological polar surface area (TPSA) is 60.2 Å². The Morgan fingerprint density at radius 3 is 2.07 bits per heavy atom. The van der Waals surface area contributed by atoms with E-state index in [0.29, 0.717) is 4.90 Å². The molecular weight excluding hydrogens is 234 g/mol. The Hall–Kier alpha value is -0.580. The molecule has 0 radical (unpaired) electrons. The Morgan fingerprint density at radius 2 is 1.73 bits per heavy atom. The molecule has 1 aromatic rings. The molecule has 0 spiro atoms. The molecule has 0 unspecified atom stereocenters. The second-order valence-electron chi connectivity index (χ2n) is 3.36. The molecule has 1 aromatic carbocycles. The van der Waals surface area contributed by atoms with E-state index in [2.05, 4.69) is 0 Å². The van der Waals surface area contributed by atoms with Crippen LogP contribution < -0.4 is 5.73 Å². The molecule has 86 valence electrons. The van der Waals surface area contributed by atoms with Gasteiger partial charge in [-0.15, -0.1) is 12.4 Å². The first kappa shape index (κ1) is 14.4. The molecule has 0 aliphatic carbocycles. The fraction of sp³-hybridized carbons (Fsp3) is 0.400. The Labute approximate surface area is 97.0 Å². The molecule has 0 amide bonds. The number of hydrogen-bond acceptors (Lipinski definition) is 3. The summed E-state index contributed by atoms with van der Waals surface area (Å²) in [6, 6.07) is 6.72. The summed E-state index contributed by atoms with van der Waals surface area (Å²) in [6.45, 7) is 2.00. The summed E-state index contributed by atoms with van der Waals surface area (Å²) in [5.41, 5.74) is 6.78. The Balaban J connectivity index is 0.00000196. The average Bonchev–Trinajstić information content (AvgIpc) is 2.15. The van der Waals surface area contributed by atoms with Gasteiger partial charge in [-0.25, -0.2) is 8.42 Å². The summed E-state index contributed by atoms with van der Waals surface area (Å²) in [4.78, 5) is 0.338. The lowest BCUT2D eigenvalue weighted by molar-refractivity contribution is 0.601. The fourth-order valence-corrected chi connectivity index (χ4v) is 1.83. The summed E-state index contributed by atoms with van der Waals surface area (Å²) in [5.74, 6) is 0. The van der Waals surface area contributed by atoms with Crippen molar-refractivity contribution in [1.82, 2.24) is 0 Å². The standard InChI is InChI=1S/C10H15NO2S.ClH/c1-3-10(11)8-4-6-9(7-5-8)14(2,12)13;/h4-7,10H,3,11H2,1-2H3;1H/t10-;/m0./s1. The molecule has 0 bridgehead atoms. The van der Waals surface area contributed by atoms with Gasteiger partial charge in [0.1, 0.15) is 0 Å². The molecule has 0 fully saturated rings. The van der Waals surface area contributed by atoms with Crippen LogP contribution in [-0.4, -0.2) is 14.7 Å². The maximum Gasteiger partial charge on any atom is 0.175 e. The first-order valence-electron chi connectivity index (χ1n) is 4.50. The number of sulfone groups is 1. The average molecular weight is 250 g/mol. The summed E-state index contributed by atoms with van der Waals surface area (Å²) < 4.78 is 22.3. The predicted octanol–water partition coefficient (Wildman–Crippen LogP) is 1.92. The van der Waals surface area contributed by atoms with Crippen LogP contribution in [0.5, 0.6) is 0 Å². The van der Waals surface area contributed by atoms with E-state index in [0.717, 1.165) is 12.0 Å². The van der Waals surface area contributed by atoms with Gasteiger partial charge in [0.15, 0.2) is 9.84 Å². The van der Waals surface area contributed by atoms with Crippen LogP contribution in [0.4, 0.5) is 0 Å². The molecule has 0 aromatic heterocycles. The van der Waals surface area contributed by atoms with Crippen LogP contribution in [-0.2, 0) is 9.84 Å². The van der Waals surface area contributed by atoms with Crippen molar-refractivity contribution in [2.45, 2.75) is 24.3 Å². The van der Waals surface area contributed by atoms with Gasteiger partial charge in [0.05, 0.1) is 4.90 Å². The van der Waals surface area contributed by atoms with Gasteiger partial charge in [-0.1, -0.05) is 19.1 Å². The van der Waals surface area contributed by atoms with Crippen molar-refractivity contribution in [3.8, 4) is 0 Å². The van der Waals surface area contributed by atoms with Gasteiger partial charge < -0.3 is 5.73 Å². The minimum atomic E-state index is -3.09. The van der Waals surface area contributed by atoms with E-state index in [4.69, 9.17) is 5.73 Å².